The van der Waals surface area contributed by atoms with E-state index in [1.807, 2.05) is 24.3 Å². The molecule has 6 N–H and O–H groups in total. The molecule has 0 unspecified atom stereocenters. The quantitative estimate of drug-likeness (QED) is 0.520. The van der Waals surface area contributed by atoms with Crippen LogP contribution in [0.15, 0.2) is 24.3 Å². The molecule has 0 radical (unpaired) electrons. The van der Waals surface area contributed by atoms with Crippen molar-refractivity contribution in [3.05, 3.63) is 35.4 Å². The second-order valence-electron chi connectivity index (χ2n) is 4.11. The lowest BCUT2D eigenvalue weighted by Gasteiger charge is -2.11. The highest BCUT2D eigenvalue weighted by molar-refractivity contribution is 5.25. The van der Waals surface area contributed by atoms with E-state index in [-0.39, 0.29) is 25.3 Å². The number of aliphatic hydroxyl groups excluding tert-OH is 2. The van der Waals surface area contributed by atoms with Gasteiger partial charge in [0.2, 0.25) is 0 Å². The van der Waals surface area contributed by atoms with Gasteiger partial charge in [0, 0.05) is 12.1 Å². The smallest absolute Gasteiger partial charge is 0.0585 e. The molecular weight excluding hydrogens is 204 g/mol. The van der Waals surface area contributed by atoms with E-state index in [9.17, 15) is 0 Å². The minimum Gasteiger partial charge on any atom is -0.395 e. The summed E-state index contributed by atoms with van der Waals surface area (Å²) >= 11 is 0. The molecule has 1 aromatic carbocycles. The Bertz CT molecular complexity index is 290. The van der Waals surface area contributed by atoms with Crippen LogP contribution in [0.5, 0.6) is 0 Å². The zero-order valence-electron chi connectivity index (χ0n) is 9.34. The van der Waals surface area contributed by atoms with Gasteiger partial charge in [-0.05, 0) is 24.0 Å². The third kappa shape index (κ3) is 4.28. The summed E-state index contributed by atoms with van der Waals surface area (Å²) < 4.78 is 0. The van der Waals surface area contributed by atoms with Crippen LogP contribution >= 0.6 is 0 Å². The van der Waals surface area contributed by atoms with Gasteiger partial charge in [0.15, 0.2) is 0 Å². The molecule has 0 fully saturated rings. The van der Waals surface area contributed by atoms with Crippen LogP contribution in [0.25, 0.3) is 0 Å². The van der Waals surface area contributed by atoms with Gasteiger partial charge in [-0.25, -0.2) is 0 Å². The number of rotatable bonds is 6. The summed E-state index contributed by atoms with van der Waals surface area (Å²) in [5.74, 6) is 0. The van der Waals surface area contributed by atoms with Crippen molar-refractivity contribution in [1.82, 2.24) is 0 Å². The number of hydrogen-bond acceptors (Lipinski definition) is 4. The molecule has 0 aliphatic heterocycles. The maximum Gasteiger partial charge on any atom is 0.0585 e. The van der Waals surface area contributed by atoms with Crippen LogP contribution in [0, 0.1) is 0 Å². The molecule has 0 spiro atoms. The molecule has 16 heavy (non-hydrogen) atoms. The first kappa shape index (κ1) is 13.1. The van der Waals surface area contributed by atoms with E-state index in [4.69, 9.17) is 21.7 Å². The van der Waals surface area contributed by atoms with Crippen LogP contribution in [0.3, 0.4) is 0 Å². The summed E-state index contributed by atoms with van der Waals surface area (Å²) in [6.07, 6.45) is 1.30. The summed E-state index contributed by atoms with van der Waals surface area (Å²) in [7, 11) is 0. The maximum atomic E-state index is 8.87. The lowest BCUT2D eigenvalue weighted by molar-refractivity contribution is 0.264. The number of hydrogen-bond donors (Lipinski definition) is 4. The minimum atomic E-state index is -0.221. The monoisotopic (exact) mass is 224 g/mol. The fourth-order valence-corrected chi connectivity index (χ4v) is 1.62. The molecule has 0 saturated carbocycles. The van der Waals surface area contributed by atoms with Gasteiger partial charge in [-0.15, -0.1) is 0 Å². The van der Waals surface area contributed by atoms with Gasteiger partial charge in [0.25, 0.3) is 0 Å². The van der Waals surface area contributed by atoms with Gasteiger partial charge in [-0.1, -0.05) is 24.3 Å². The van der Waals surface area contributed by atoms with E-state index in [0.29, 0.717) is 12.8 Å². The summed E-state index contributed by atoms with van der Waals surface area (Å²) in [6.45, 7) is -0.0270. The first-order valence-electron chi connectivity index (χ1n) is 5.46. The standard InChI is InChI=1S/C12H20N2O2/c13-11(7-15)5-9-2-1-3-10(4-9)6-12(14)8-16/h1-4,11-12,15-16H,5-8,13-14H2/t11-,12-/m1/s1. The van der Waals surface area contributed by atoms with Crippen molar-refractivity contribution < 1.29 is 10.2 Å². The second kappa shape index (κ2) is 6.60. The Morgan fingerprint density at radius 2 is 1.38 bits per heavy atom. The van der Waals surface area contributed by atoms with E-state index < -0.39 is 0 Å². The predicted octanol–water partition coefficient (Wildman–Crippen LogP) is -0.589. The Balaban J connectivity index is 2.63. The van der Waals surface area contributed by atoms with Crippen molar-refractivity contribution in [1.29, 1.82) is 0 Å². The first-order valence-corrected chi connectivity index (χ1v) is 5.46. The Kier molecular flexibility index (Phi) is 5.42. The van der Waals surface area contributed by atoms with Crippen molar-refractivity contribution in [2.75, 3.05) is 13.2 Å². The Morgan fingerprint density at radius 1 is 0.938 bits per heavy atom. The van der Waals surface area contributed by atoms with E-state index in [2.05, 4.69) is 0 Å². The molecule has 4 heteroatoms. The summed E-state index contributed by atoms with van der Waals surface area (Å²) in [5.41, 5.74) is 13.5. The third-order valence-corrected chi connectivity index (χ3v) is 2.46. The van der Waals surface area contributed by atoms with E-state index >= 15 is 0 Å². The maximum absolute atomic E-state index is 8.87. The number of aliphatic hydroxyl groups is 2. The van der Waals surface area contributed by atoms with Gasteiger partial charge in [0.05, 0.1) is 13.2 Å². The Labute approximate surface area is 95.9 Å². The molecule has 2 atom stereocenters. The third-order valence-electron chi connectivity index (χ3n) is 2.46. The van der Waals surface area contributed by atoms with Crippen LogP contribution in [-0.4, -0.2) is 35.5 Å². The SMILES string of the molecule is N[C@@H](CO)Cc1cccc(C[C@@H](N)CO)c1. The van der Waals surface area contributed by atoms with Crippen LogP contribution in [0.1, 0.15) is 11.1 Å². The second-order valence-corrected chi connectivity index (χ2v) is 4.11. The molecule has 4 nitrogen and oxygen atoms in total. The average molecular weight is 224 g/mol. The number of nitrogens with two attached hydrogens (primary N) is 2. The summed E-state index contributed by atoms with van der Waals surface area (Å²) in [6, 6.07) is 7.47. The summed E-state index contributed by atoms with van der Waals surface area (Å²) in [4.78, 5) is 0. The van der Waals surface area contributed by atoms with Gasteiger partial charge >= 0.3 is 0 Å². The molecule has 0 bridgehead atoms. The molecule has 1 aromatic rings. The highest BCUT2D eigenvalue weighted by atomic mass is 16.3. The van der Waals surface area contributed by atoms with Crippen molar-refractivity contribution in [3.63, 3.8) is 0 Å². The topological polar surface area (TPSA) is 92.5 Å². The highest BCUT2D eigenvalue weighted by Gasteiger charge is 2.05. The lowest BCUT2D eigenvalue weighted by atomic mass is 10.0. The summed E-state index contributed by atoms with van der Waals surface area (Å²) in [5, 5.41) is 17.7. The van der Waals surface area contributed by atoms with Crippen LogP contribution < -0.4 is 11.5 Å². The van der Waals surface area contributed by atoms with Gasteiger partial charge in [0.1, 0.15) is 0 Å². The van der Waals surface area contributed by atoms with Gasteiger partial charge in [-0.3, -0.25) is 0 Å². The molecule has 0 aliphatic rings. The van der Waals surface area contributed by atoms with Crippen molar-refractivity contribution in [3.8, 4) is 0 Å². The molecule has 0 aliphatic carbocycles. The Morgan fingerprint density at radius 3 is 1.75 bits per heavy atom. The predicted molar refractivity (Wildman–Crippen MR) is 64.0 cm³/mol. The van der Waals surface area contributed by atoms with E-state index in [1.165, 1.54) is 0 Å². The molecule has 0 saturated heterocycles. The lowest BCUT2D eigenvalue weighted by Crippen LogP contribution is -2.28. The molecule has 0 amide bonds. The molecule has 0 heterocycles. The molecule has 1 rings (SSSR count). The zero-order valence-corrected chi connectivity index (χ0v) is 9.34. The van der Waals surface area contributed by atoms with Crippen molar-refractivity contribution >= 4 is 0 Å². The normalized spacial score (nSPS) is 14.8. The van der Waals surface area contributed by atoms with Gasteiger partial charge < -0.3 is 21.7 Å². The number of benzene rings is 1. The Hall–Kier alpha value is -0.940. The fraction of sp³-hybridized carbons (Fsp3) is 0.500. The van der Waals surface area contributed by atoms with E-state index in [0.717, 1.165) is 11.1 Å². The van der Waals surface area contributed by atoms with E-state index in [1.54, 1.807) is 0 Å². The molecule has 90 valence electrons. The highest BCUT2D eigenvalue weighted by Crippen LogP contribution is 2.09. The van der Waals surface area contributed by atoms with Crippen LogP contribution in [-0.2, 0) is 12.8 Å². The molecular formula is C12H20N2O2. The molecule has 0 aromatic heterocycles. The zero-order chi connectivity index (χ0) is 12.0. The van der Waals surface area contributed by atoms with Crippen LogP contribution in [0.4, 0.5) is 0 Å². The van der Waals surface area contributed by atoms with Crippen LogP contribution in [0.2, 0.25) is 0 Å². The van der Waals surface area contributed by atoms with Gasteiger partial charge in [-0.2, -0.15) is 0 Å². The van der Waals surface area contributed by atoms with Crippen molar-refractivity contribution in [2.45, 2.75) is 24.9 Å². The first-order chi connectivity index (χ1) is 7.65. The average Bonchev–Trinajstić information content (AvgIpc) is 2.29. The van der Waals surface area contributed by atoms with Crippen molar-refractivity contribution in [2.24, 2.45) is 11.5 Å². The fourth-order valence-electron chi connectivity index (χ4n) is 1.62. The minimum absolute atomic E-state index is 0.0135. The largest absolute Gasteiger partial charge is 0.395 e.